The standard InChI is InChI=1S/C47H45.C2H6Si.Zr/c1-8-14-32-25-40-37(19-13-20-38(40)45-35-17-11-9-15-29(35)23-30-16-10-12-18-36(30)45)44(32)43-28-34(47(5,6)7)27-42-39-26-33(46(2,3)4)22-21-31(39)24-41(42)43;1-3-2;/h9-13,15-23,25-27,44H,8,14,24H2,1-7H3;1-2H3;/q-1;;. The zero-order chi connectivity index (χ0) is 35.4. The molecule has 0 spiro atoms. The summed E-state index contributed by atoms with van der Waals surface area (Å²) in [6, 6.07) is 41.0. The largest absolute Gasteiger partial charge is 0.175 e. The summed E-state index contributed by atoms with van der Waals surface area (Å²) in [6.07, 6.45) is 5.74. The number of hydrogen-bond donors (Lipinski definition) is 0. The molecule has 2 heteroatoms. The number of allylic oxidation sites excluding steroid dienone is 1. The smallest absolute Gasteiger partial charge is 0.0307 e. The zero-order valence-electron chi connectivity index (χ0n) is 32.0. The average molecular weight is 759 g/mol. The van der Waals surface area contributed by atoms with Crippen LogP contribution in [0.4, 0.5) is 0 Å². The molecule has 0 saturated heterocycles. The Labute approximate surface area is 328 Å². The first-order chi connectivity index (χ1) is 23.9. The number of rotatable bonds is 4. The van der Waals surface area contributed by atoms with Gasteiger partial charge in [-0.25, -0.2) is 0 Å². The van der Waals surface area contributed by atoms with Crippen molar-refractivity contribution in [2.45, 2.75) is 97.6 Å². The summed E-state index contributed by atoms with van der Waals surface area (Å²) in [5, 5.41) is 5.23. The first kappa shape index (κ1) is 37.4. The van der Waals surface area contributed by atoms with E-state index in [0.717, 1.165) is 28.8 Å². The summed E-state index contributed by atoms with van der Waals surface area (Å²) in [6.45, 7) is 20.6. The molecule has 1 atom stereocenters. The molecule has 6 aromatic carbocycles. The molecule has 2 aliphatic rings. The van der Waals surface area contributed by atoms with E-state index in [1.807, 2.05) is 0 Å². The van der Waals surface area contributed by atoms with Crippen LogP contribution >= 0.6 is 0 Å². The predicted octanol–water partition coefficient (Wildman–Crippen LogP) is 13.7. The molecule has 1 unspecified atom stereocenters. The molecule has 2 radical (unpaired) electrons. The second-order valence-corrected chi connectivity index (χ2v) is 17.4. The first-order valence-corrected chi connectivity index (χ1v) is 20.5. The minimum Gasteiger partial charge on any atom is -0.175 e. The van der Waals surface area contributed by atoms with Crippen molar-refractivity contribution >= 4 is 37.1 Å². The maximum atomic E-state index is 4.11. The van der Waals surface area contributed by atoms with Gasteiger partial charge in [0.15, 0.2) is 0 Å². The van der Waals surface area contributed by atoms with E-state index in [0.29, 0.717) is 0 Å². The monoisotopic (exact) mass is 757 g/mol. The molecular formula is C49H51SiZr-. The summed E-state index contributed by atoms with van der Waals surface area (Å²) in [5.41, 5.74) is 17.0. The van der Waals surface area contributed by atoms with E-state index < -0.39 is 0 Å². The van der Waals surface area contributed by atoms with Gasteiger partial charge in [0, 0.05) is 41.6 Å². The van der Waals surface area contributed by atoms with Gasteiger partial charge in [-0.2, -0.15) is 17.7 Å². The van der Waals surface area contributed by atoms with Crippen molar-refractivity contribution in [3.8, 4) is 22.3 Å². The fraction of sp³-hybridized carbons (Fsp3) is 0.306. The van der Waals surface area contributed by atoms with Crippen molar-refractivity contribution in [3.63, 3.8) is 0 Å². The Hall–Kier alpha value is -3.32. The van der Waals surface area contributed by atoms with Gasteiger partial charge in [-0.15, -0.1) is 16.7 Å². The van der Waals surface area contributed by atoms with Crippen molar-refractivity contribution in [2.75, 3.05) is 0 Å². The molecule has 256 valence electrons. The van der Waals surface area contributed by atoms with Crippen molar-refractivity contribution in [1.82, 2.24) is 0 Å². The topological polar surface area (TPSA) is 0 Å². The van der Waals surface area contributed by atoms with Gasteiger partial charge in [-0.05, 0) is 90.2 Å². The van der Waals surface area contributed by atoms with Crippen LogP contribution in [0.15, 0.2) is 103 Å². The Kier molecular flexibility index (Phi) is 10.7. The van der Waals surface area contributed by atoms with Gasteiger partial charge in [0.25, 0.3) is 0 Å². The fourth-order valence-corrected chi connectivity index (χ4v) is 8.18. The molecule has 0 N–H and O–H groups in total. The SMILES string of the molecule is CCCC1=Cc2c(-c3c4ccccc4cc4ccccc34)cccc2C1c1[c-]c(C(C)(C)C)cc2c1Cc1ccc(C(C)(C)C)cc1-2.C[Si]C.[Zr]. The minimum absolute atomic E-state index is 0. The second-order valence-electron chi connectivity index (χ2n) is 16.4. The van der Waals surface area contributed by atoms with Crippen LogP contribution in [0.25, 0.3) is 49.9 Å². The van der Waals surface area contributed by atoms with Gasteiger partial charge in [0.2, 0.25) is 0 Å². The molecule has 0 saturated carbocycles. The van der Waals surface area contributed by atoms with Crippen molar-refractivity contribution < 1.29 is 26.2 Å². The number of fused-ring (bicyclic) bond motifs is 6. The van der Waals surface area contributed by atoms with Gasteiger partial charge in [-0.1, -0.05) is 165 Å². The van der Waals surface area contributed by atoms with Crippen LogP contribution < -0.4 is 0 Å². The van der Waals surface area contributed by atoms with Crippen LogP contribution in [0, 0.1) is 6.07 Å². The molecule has 8 rings (SSSR count). The van der Waals surface area contributed by atoms with Crippen LogP contribution in [0.2, 0.25) is 13.1 Å². The number of benzene rings is 6. The van der Waals surface area contributed by atoms with E-state index in [9.17, 15) is 0 Å². The molecule has 0 aromatic heterocycles. The fourth-order valence-electron chi connectivity index (χ4n) is 8.18. The summed E-state index contributed by atoms with van der Waals surface area (Å²) < 4.78 is 0. The Balaban J connectivity index is 0.00000108. The second kappa shape index (κ2) is 14.6. The summed E-state index contributed by atoms with van der Waals surface area (Å²) in [5.74, 6) is 0.207. The van der Waals surface area contributed by atoms with E-state index in [1.165, 1.54) is 88.3 Å². The van der Waals surface area contributed by atoms with Crippen LogP contribution in [0.3, 0.4) is 0 Å². The third kappa shape index (κ3) is 6.84. The van der Waals surface area contributed by atoms with Gasteiger partial charge < -0.3 is 0 Å². The van der Waals surface area contributed by atoms with Crippen molar-refractivity contribution in [2.24, 2.45) is 0 Å². The average Bonchev–Trinajstić information content (AvgIpc) is 3.64. The maximum Gasteiger partial charge on any atom is 0.0307 e. The molecule has 0 aliphatic heterocycles. The van der Waals surface area contributed by atoms with Gasteiger partial charge in [-0.3, -0.25) is 0 Å². The Morgan fingerprint density at radius 2 is 1.35 bits per heavy atom. The van der Waals surface area contributed by atoms with Crippen molar-refractivity contribution in [3.05, 3.63) is 148 Å². The van der Waals surface area contributed by atoms with Crippen LogP contribution in [-0.2, 0) is 43.5 Å². The van der Waals surface area contributed by atoms with Crippen LogP contribution in [-0.4, -0.2) is 9.52 Å². The van der Waals surface area contributed by atoms with E-state index in [2.05, 4.69) is 171 Å². The van der Waals surface area contributed by atoms with Crippen LogP contribution in [0.5, 0.6) is 0 Å². The normalized spacial score (nSPS) is 14.7. The maximum absolute atomic E-state index is 4.11. The molecule has 0 bridgehead atoms. The predicted molar refractivity (Wildman–Crippen MR) is 220 cm³/mol. The zero-order valence-corrected chi connectivity index (χ0v) is 35.5. The quantitative estimate of drug-likeness (QED) is 0.0953. The van der Waals surface area contributed by atoms with E-state index >= 15 is 0 Å². The molecule has 51 heavy (non-hydrogen) atoms. The summed E-state index contributed by atoms with van der Waals surface area (Å²) >= 11 is 0. The Morgan fingerprint density at radius 3 is 1.96 bits per heavy atom. The third-order valence-corrected chi connectivity index (χ3v) is 10.7. The first-order valence-electron chi connectivity index (χ1n) is 18.5. The van der Waals surface area contributed by atoms with Crippen molar-refractivity contribution in [1.29, 1.82) is 0 Å². The molecule has 0 heterocycles. The molecule has 0 fully saturated rings. The number of hydrogen-bond acceptors (Lipinski definition) is 0. The third-order valence-electron chi connectivity index (χ3n) is 10.7. The molecule has 0 nitrogen and oxygen atoms in total. The van der Waals surface area contributed by atoms with E-state index in [1.54, 1.807) is 0 Å². The molecular weight excluding hydrogens is 708 g/mol. The Bertz CT molecular complexity index is 2220. The van der Waals surface area contributed by atoms with Crippen LogP contribution in [0.1, 0.15) is 106 Å². The van der Waals surface area contributed by atoms with Gasteiger partial charge >= 0.3 is 0 Å². The minimum atomic E-state index is -0.00600. The van der Waals surface area contributed by atoms with Gasteiger partial charge in [0.1, 0.15) is 0 Å². The van der Waals surface area contributed by atoms with E-state index in [-0.39, 0.29) is 43.0 Å². The molecule has 0 amide bonds. The van der Waals surface area contributed by atoms with E-state index in [4.69, 9.17) is 0 Å². The molecule has 6 aromatic rings. The molecule has 2 aliphatic carbocycles. The summed E-state index contributed by atoms with van der Waals surface area (Å²) in [4.78, 5) is 0. The van der Waals surface area contributed by atoms with Gasteiger partial charge in [0.05, 0.1) is 0 Å². The summed E-state index contributed by atoms with van der Waals surface area (Å²) in [7, 11) is 1.08. The Morgan fingerprint density at radius 1 is 0.706 bits per heavy atom.